The lowest BCUT2D eigenvalue weighted by Crippen LogP contribution is -2.17. The minimum Gasteiger partial charge on any atom is -0.382 e. The van der Waals surface area contributed by atoms with Gasteiger partial charge in [0.2, 0.25) is 0 Å². The zero-order chi connectivity index (χ0) is 12.3. The first kappa shape index (κ1) is 11.3. The summed E-state index contributed by atoms with van der Waals surface area (Å²) >= 11 is 0. The highest BCUT2D eigenvalue weighted by Crippen LogP contribution is 2.15. The average Bonchev–Trinajstić information content (AvgIpc) is 2.32. The van der Waals surface area contributed by atoms with Gasteiger partial charge in [0.15, 0.2) is 0 Å². The topological polar surface area (TPSA) is 55.0 Å². The maximum Gasteiger partial charge on any atom is 0.141 e. The monoisotopic (exact) mass is 232 g/mol. The first-order chi connectivity index (χ1) is 8.15. The Morgan fingerprint density at radius 3 is 2.76 bits per heavy atom. The maximum atomic E-state index is 13.0. The minimum absolute atomic E-state index is 0.252. The van der Waals surface area contributed by atoms with Gasteiger partial charge in [-0.3, -0.25) is 4.98 Å². The Balaban J connectivity index is 2.11. The molecule has 0 amide bonds. The Morgan fingerprint density at radius 2 is 2.12 bits per heavy atom. The quantitative estimate of drug-likeness (QED) is 0.877. The number of nitrogen functional groups attached to an aromatic ring is 1. The number of halogens is 1. The van der Waals surface area contributed by atoms with E-state index in [-0.39, 0.29) is 5.82 Å². The number of anilines is 2. The SMILES string of the molecule is CN(Cc1cnc(N)cn1)c1cccc(F)c1. The molecule has 0 aliphatic heterocycles. The van der Waals surface area contributed by atoms with E-state index in [1.165, 1.54) is 18.3 Å². The first-order valence-electron chi connectivity index (χ1n) is 5.18. The van der Waals surface area contributed by atoms with E-state index in [1.807, 2.05) is 18.0 Å². The molecule has 0 unspecified atom stereocenters. The van der Waals surface area contributed by atoms with Gasteiger partial charge in [-0.25, -0.2) is 9.37 Å². The van der Waals surface area contributed by atoms with E-state index < -0.39 is 0 Å². The summed E-state index contributed by atoms with van der Waals surface area (Å²) in [4.78, 5) is 9.99. The summed E-state index contributed by atoms with van der Waals surface area (Å²) in [6.45, 7) is 0.552. The van der Waals surface area contributed by atoms with Gasteiger partial charge >= 0.3 is 0 Å². The molecule has 2 N–H and O–H groups in total. The van der Waals surface area contributed by atoms with Crippen molar-refractivity contribution in [3.63, 3.8) is 0 Å². The standard InChI is InChI=1S/C12H13FN4/c1-17(11-4-2-3-9(13)5-11)8-10-6-16-12(14)7-15-10/h2-7H,8H2,1H3,(H2,14,16). The smallest absolute Gasteiger partial charge is 0.141 e. The van der Waals surface area contributed by atoms with E-state index in [2.05, 4.69) is 9.97 Å². The number of hydrogen-bond donors (Lipinski definition) is 1. The maximum absolute atomic E-state index is 13.0. The molecule has 5 heteroatoms. The number of benzene rings is 1. The second kappa shape index (κ2) is 4.78. The Bertz CT molecular complexity index is 498. The molecule has 0 saturated carbocycles. The molecule has 88 valence electrons. The fourth-order valence-electron chi connectivity index (χ4n) is 1.49. The normalized spacial score (nSPS) is 10.2. The molecule has 4 nitrogen and oxygen atoms in total. The van der Waals surface area contributed by atoms with Crippen molar-refractivity contribution in [2.45, 2.75) is 6.54 Å². The number of nitrogens with zero attached hydrogens (tertiary/aromatic N) is 3. The molecule has 2 aromatic rings. The molecule has 0 bridgehead atoms. The fraction of sp³-hybridized carbons (Fsp3) is 0.167. The van der Waals surface area contributed by atoms with Crippen LogP contribution in [0.5, 0.6) is 0 Å². The summed E-state index contributed by atoms with van der Waals surface area (Å²) in [6.07, 6.45) is 3.12. The van der Waals surface area contributed by atoms with Gasteiger partial charge in [0.25, 0.3) is 0 Å². The van der Waals surface area contributed by atoms with Crippen molar-refractivity contribution >= 4 is 11.5 Å². The van der Waals surface area contributed by atoms with Crippen LogP contribution < -0.4 is 10.6 Å². The summed E-state index contributed by atoms with van der Waals surface area (Å²) in [6, 6.07) is 6.41. The molecule has 1 heterocycles. The van der Waals surface area contributed by atoms with Gasteiger partial charge in [0.05, 0.1) is 24.6 Å². The molecule has 0 fully saturated rings. The van der Waals surface area contributed by atoms with Crippen molar-refractivity contribution in [2.75, 3.05) is 17.7 Å². The van der Waals surface area contributed by atoms with E-state index in [1.54, 1.807) is 12.3 Å². The van der Waals surface area contributed by atoms with Gasteiger partial charge in [0.1, 0.15) is 11.6 Å². The Kier molecular flexibility index (Phi) is 3.18. The van der Waals surface area contributed by atoms with Crippen molar-refractivity contribution in [3.8, 4) is 0 Å². The first-order valence-corrected chi connectivity index (χ1v) is 5.18. The molecule has 0 aliphatic carbocycles. The highest BCUT2D eigenvalue weighted by molar-refractivity contribution is 5.45. The Hall–Kier alpha value is -2.17. The van der Waals surface area contributed by atoms with E-state index in [0.717, 1.165) is 11.4 Å². The van der Waals surface area contributed by atoms with Gasteiger partial charge in [-0.1, -0.05) is 6.07 Å². The third-order valence-corrected chi connectivity index (χ3v) is 2.37. The van der Waals surface area contributed by atoms with Crippen molar-refractivity contribution in [3.05, 3.63) is 48.2 Å². The average molecular weight is 232 g/mol. The Labute approximate surface area is 98.9 Å². The van der Waals surface area contributed by atoms with E-state index >= 15 is 0 Å². The van der Waals surface area contributed by atoms with Gasteiger partial charge in [-0.2, -0.15) is 0 Å². The molecule has 0 aliphatic rings. The fourth-order valence-corrected chi connectivity index (χ4v) is 1.49. The van der Waals surface area contributed by atoms with Gasteiger partial charge in [-0.05, 0) is 18.2 Å². The van der Waals surface area contributed by atoms with Crippen molar-refractivity contribution in [1.29, 1.82) is 0 Å². The molecular formula is C12H13FN4. The van der Waals surface area contributed by atoms with Gasteiger partial charge in [-0.15, -0.1) is 0 Å². The molecule has 0 radical (unpaired) electrons. The van der Waals surface area contributed by atoms with Crippen LogP contribution in [0.15, 0.2) is 36.7 Å². The molecule has 2 rings (SSSR count). The van der Waals surface area contributed by atoms with Gasteiger partial charge < -0.3 is 10.6 Å². The second-order valence-electron chi connectivity index (χ2n) is 3.77. The van der Waals surface area contributed by atoms with Crippen LogP contribution in [0, 0.1) is 5.82 Å². The van der Waals surface area contributed by atoms with Crippen LogP contribution in [-0.4, -0.2) is 17.0 Å². The van der Waals surface area contributed by atoms with Crippen molar-refractivity contribution < 1.29 is 4.39 Å². The van der Waals surface area contributed by atoms with Crippen molar-refractivity contribution in [1.82, 2.24) is 9.97 Å². The molecule has 0 spiro atoms. The third-order valence-electron chi connectivity index (χ3n) is 2.37. The Morgan fingerprint density at radius 1 is 1.29 bits per heavy atom. The second-order valence-corrected chi connectivity index (χ2v) is 3.77. The number of rotatable bonds is 3. The molecule has 17 heavy (non-hydrogen) atoms. The highest BCUT2D eigenvalue weighted by Gasteiger charge is 2.04. The lowest BCUT2D eigenvalue weighted by atomic mass is 10.3. The van der Waals surface area contributed by atoms with Crippen LogP contribution in [0.4, 0.5) is 15.9 Å². The molecule has 1 aromatic carbocycles. The van der Waals surface area contributed by atoms with Crippen molar-refractivity contribution in [2.24, 2.45) is 0 Å². The van der Waals surface area contributed by atoms with Crippen LogP contribution in [0.1, 0.15) is 5.69 Å². The zero-order valence-corrected chi connectivity index (χ0v) is 9.47. The summed E-state index contributed by atoms with van der Waals surface area (Å²) in [5.41, 5.74) is 7.03. The lowest BCUT2D eigenvalue weighted by Gasteiger charge is -2.18. The van der Waals surface area contributed by atoms with Crippen LogP contribution in [0.25, 0.3) is 0 Å². The van der Waals surface area contributed by atoms with E-state index in [4.69, 9.17) is 5.73 Å². The highest BCUT2D eigenvalue weighted by atomic mass is 19.1. The zero-order valence-electron chi connectivity index (χ0n) is 9.47. The number of nitrogens with two attached hydrogens (primary N) is 1. The van der Waals surface area contributed by atoms with Crippen LogP contribution in [-0.2, 0) is 6.54 Å². The minimum atomic E-state index is -0.252. The molecule has 0 saturated heterocycles. The molecule has 0 atom stereocenters. The van der Waals surface area contributed by atoms with Crippen LogP contribution >= 0.6 is 0 Å². The summed E-state index contributed by atoms with van der Waals surface area (Å²) in [7, 11) is 1.87. The molecule has 1 aromatic heterocycles. The van der Waals surface area contributed by atoms with Crippen LogP contribution in [0.2, 0.25) is 0 Å². The summed E-state index contributed by atoms with van der Waals surface area (Å²) < 4.78 is 13.0. The third kappa shape index (κ3) is 2.90. The van der Waals surface area contributed by atoms with E-state index in [9.17, 15) is 4.39 Å². The predicted octanol–water partition coefficient (Wildman–Crippen LogP) is 1.83. The van der Waals surface area contributed by atoms with Crippen LogP contribution in [0.3, 0.4) is 0 Å². The van der Waals surface area contributed by atoms with Gasteiger partial charge in [0, 0.05) is 12.7 Å². The molecular weight excluding hydrogens is 219 g/mol. The lowest BCUT2D eigenvalue weighted by molar-refractivity contribution is 0.627. The number of aromatic nitrogens is 2. The largest absolute Gasteiger partial charge is 0.382 e. The summed E-state index contributed by atoms with van der Waals surface area (Å²) in [5, 5.41) is 0. The predicted molar refractivity (Wildman–Crippen MR) is 65.0 cm³/mol. The summed E-state index contributed by atoms with van der Waals surface area (Å²) in [5.74, 6) is 0.139. The van der Waals surface area contributed by atoms with E-state index in [0.29, 0.717) is 12.4 Å². The number of hydrogen-bond acceptors (Lipinski definition) is 4.